The van der Waals surface area contributed by atoms with Gasteiger partial charge in [0.1, 0.15) is 5.82 Å². The predicted octanol–water partition coefficient (Wildman–Crippen LogP) is 3.39. The second kappa shape index (κ2) is 8.60. The summed E-state index contributed by atoms with van der Waals surface area (Å²) in [7, 11) is 0. The standard InChI is InChI=1S/C20H26N4O/c1-16-11-14-24(15-12-16)20(25)18-9-10-19(23-22-18)21-13-5-8-17-6-3-2-4-7-17/h2-4,6-7,9-10,16H,5,8,11-15H2,1H3,(H,21,23). The quantitative estimate of drug-likeness (QED) is 0.820. The molecule has 5 nitrogen and oxygen atoms in total. The average Bonchev–Trinajstić information content (AvgIpc) is 2.67. The number of aromatic nitrogens is 2. The number of anilines is 1. The minimum Gasteiger partial charge on any atom is -0.369 e. The van der Waals surface area contributed by atoms with Crippen LogP contribution in [0.4, 0.5) is 5.82 Å². The SMILES string of the molecule is CC1CCN(C(=O)c2ccc(NCCCc3ccccc3)nn2)CC1. The zero-order valence-corrected chi connectivity index (χ0v) is 14.8. The maximum atomic E-state index is 12.4. The summed E-state index contributed by atoms with van der Waals surface area (Å²) in [6.45, 7) is 4.71. The molecule has 1 aromatic heterocycles. The molecule has 1 fully saturated rings. The minimum absolute atomic E-state index is 0.00460. The summed E-state index contributed by atoms with van der Waals surface area (Å²) in [6, 6.07) is 14.1. The molecule has 0 saturated carbocycles. The molecule has 0 radical (unpaired) electrons. The van der Waals surface area contributed by atoms with Crippen molar-refractivity contribution in [3.05, 3.63) is 53.7 Å². The Morgan fingerprint density at radius 1 is 1.12 bits per heavy atom. The Morgan fingerprint density at radius 3 is 2.56 bits per heavy atom. The van der Waals surface area contributed by atoms with Crippen molar-refractivity contribution in [3.63, 3.8) is 0 Å². The Labute approximate surface area is 149 Å². The number of likely N-dealkylation sites (tertiary alicyclic amines) is 1. The fourth-order valence-corrected chi connectivity index (χ4v) is 3.07. The lowest BCUT2D eigenvalue weighted by atomic mass is 9.99. The number of carbonyl (C=O) groups is 1. The lowest BCUT2D eigenvalue weighted by molar-refractivity contribution is 0.0690. The van der Waals surface area contributed by atoms with Gasteiger partial charge < -0.3 is 10.2 Å². The van der Waals surface area contributed by atoms with Gasteiger partial charge in [-0.3, -0.25) is 4.79 Å². The van der Waals surface area contributed by atoms with Crippen LogP contribution in [0.1, 0.15) is 42.2 Å². The topological polar surface area (TPSA) is 58.1 Å². The van der Waals surface area contributed by atoms with Crippen LogP contribution >= 0.6 is 0 Å². The number of nitrogens with zero attached hydrogens (tertiary/aromatic N) is 3. The number of nitrogens with one attached hydrogen (secondary N) is 1. The summed E-state index contributed by atoms with van der Waals surface area (Å²) >= 11 is 0. The summed E-state index contributed by atoms with van der Waals surface area (Å²) in [5, 5.41) is 11.5. The van der Waals surface area contributed by atoms with Gasteiger partial charge >= 0.3 is 0 Å². The first-order chi connectivity index (χ1) is 12.2. The van der Waals surface area contributed by atoms with E-state index in [0.29, 0.717) is 11.6 Å². The molecule has 0 bridgehead atoms. The van der Waals surface area contributed by atoms with Gasteiger partial charge in [0.2, 0.25) is 0 Å². The van der Waals surface area contributed by atoms with Crippen molar-refractivity contribution in [2.45, 2.75) is 32.6 Å². The Bertz CT molecular complexity index is 664. The van der Waals surface area contributed by atoms with Crippen LogP contribution < -0.4 is 5.32 Å². The molecule has 1 aromatic carbocycles. The van der Waals surface area contributed by atoms with Crippen molar-refractivity contribution in [2.24, 2.45) is 5.92 Å². The highest BCUT2D eigenvalue weighted by atomic mass is 16.2. The Hall–Kier alpha value is -2.43. The second-order valence-electron chi connectivity index (χ2n) is 6.79. The molecule has 25 heavy (non-hydrogen) atoms. The van der Waals surface area contributed by atoms with E-state index in [2.05, 4.69) is 46.7 Å². The molecule has 132 valence electrons. The monoisotopic (exact) mass is 338 g/mol. The first-order valence-electron chi connectivity index (χ1n) is 9.13. The van der Waals surface area contributed by atoms with Crippen molar-refractivity contribution in [3.8, 4) is 0 Å². The Morgan fingerprint density at radius 2 is 1.88 bits per heavy atom. The van der Waals surface area contributed by atoms with Gasteiger partial charge in [-0.15, -0.1) is 10.2 Å². The van der Waals surface area contributed by atoms with Crippen LogP contribution in [0.25, 0.3) is 0 Å². The molecule has 0 atom stereocenters. The first-order valence-corrected chi connectivity index (χ1v) is 9.13. The van der Waals surface area contributed by atoms with E-state index in [1.807, 2.05) is 17.0 Å². The van der Waals surface area contributed by atoms with Crippen LogP contribution in [-0.4, -0.2) is 40.6 Å². The van der Waals surface area contributed by atoms with Crippen molar-refractivity contribution in [1.82, 2.24) is 15.1 Å². The number of hydrogen-bond donors (Lipinski definition) is 1. The number of hydrogen-bond acceptors (Lipinski definition) is 4. The summed E-state index contributed by atoms with van der Waals surface area (Å²) in [5.41, 5.74) is 1.77. The average molecular weight is 338 g/mol. The van der Waals surface area contributed by atoms with Gasteiger partial charge in [-0.1, -0.05) is 37.3 Å². The summed E-state index contributed by atoms with van der Waals surface area (Å²) in [4.78, 5) is 14.3. The van der Waals surface area contributed by atoms with Crippen LogP contribution in [0.5, 0.6) is 0 Å². The van der Waals surface area contributed by atoms with E-state index in [9.17, 15) is 4.79 Å². The van der Waals surface area contributed by atoms with Gasteiger partial charge in [0.05, 0.1) is 0 Å². The number of rotatable bonds is 6. The number of carbonyl (C=O) groups excluding carboxylic acids is 1. The zero-order valence-electron chi connectivity index (χ0n) is 14.8. The maximum absolute atomic E-state index is 12.4. The molecule has 3 rings (SSSR count). The zero-order chi connectivity index (χ0) is 17.5. The number of aryl methyl sites for hydroxylation is 1. The van der Waals surface area contributed by atoms with Gasteiger partial charge in [-0.2, -0.15) is 0 Å². The number of benzene rings is 1. The van der Waals surface area contributed by atoms with Crippen molar-refractivity contribution in [1.29, 1.82) is 0 Å². The molecule has 0 spiro atoms. The highest BCUT2D eigenvalue weighted by Gasteiger charge is 2.22. The Kier molecular flexibility index (Phi) is 5.99. The molecule has 5 heteroatoms. The highest BCUT2D eigenvalue weighted by Crippen LogP contribution is 2.17. The normalized spacial score (nSPS) is 15.2. The minimum atomic E-state index is -0.00460. The molecule has 2 heterocycles. The molecule has 1 N–H and O–H groups in total. The van der Waals surface area contributed by atoms with E-state index >= 15 is 0 Å². The van der Waals surface area contributed by atoms with Gasteiger partial charge in [0.25, 0.3) is 5.91 Å². The lowest BCUT2D eigenvalue weighted by Gasteiger charge is -2.29. The Balaban J connectivity index is 1.44. The van der Waals surface area contributed by atoms with Crippen molar-refractivity contribution >= 4 is 11.7 Å². The number of amides is 1. The van der Waals surface area contributed by atoms with Crippen LogP contribution in [-0.2, 0) is 6.42 Å². The third-order valence-electron chi connectivity index (χ3n) is 4.75. The highest BCUT2D eigenvalue weighted by molar-refractivity contribution is 5.92. The summed E-state index contributed by atoms with van der Waals surface area (Å²) in [5.74, 6) is 1.42. The third kappa shape index (κ3) is 5.02. The molecule has 1 amide bonds. The van der Waals surface area contributed by atoms with Crippen LogP contribution in [0, 0.1) is 5.92 Å². The summed E-state index contributed by atoms with van der Waals surface area (Å²) in [6.07, 6.45) is 4.20. The second-order valence-corrected chi connectivity index (χ2v) is 6.79. The molecule has 1 saturated heterocycles. The summed E-state index contributed by atoms with van der Waals surface area (Å²) < 4.78 is 0. The van der Waals surface area contributed by atoms with Gasteiger partial charge in [0.15, 0.2) is 5.69 Å². The molecule has 0 aliphatic carbocycles. The van der Waals surface area contributed by atoms with E-state index in [0.717, 1.165) is 51.1 Å². The van der Waals surface area contributed by atoms with E-state index in [1.165, 1.54) is 5.56 Å². The fourth-order valence-electron chi connectivity index (χ4n) is 3.07. The van der Waals surface area contributed by atoms with E-state index in [-0.39, 0.29) is 5.91 Å². The van der Waals surface area contributed by atoms with Gasteiger partial charge in [-0.25, -0.2) is 0 Å². The number of piperidine rings is 1. The molecular weight excluding hydrogens is 312 g/mol. The first kappa shape index (κ1) is 17.4. The van der Waals surface area contributed by atoms with Crippen LogP contribution in [0.3, 0.4) is 0 Å². The van der Waals surface area contributed by atoms with Crippen LogP contribution in [0.2, 0.25) is 0 Å². The maximum Gasteiger partial charge on any atom is 0.274 e. The van der Waals surface area contributed by atoms with E-state index in [1.54, 1.807) is 6.07 Å². The molecule has 2 aromatic rings. The van der Waals surface area contributed by atoms with Crippen LogP contribution in [0.15, 0.2) is 42.5 Å². The fraction of sp³-hybridized carbons (Fsp3) is 0.450. The largest absolute Gasteiger partial charge is 0.369 e. The lowest BCUT2D eigenvalue weighted by Crippen LogP contribution is -2.38. The third-order valence-corrected chi connectivity index (χ3v) is 4.75. The molecular formula is C20H26N4O. The van der Waals surface area contributed by atoms with E-state index in [4.69, 9.17) is 0 Å². The smallest absolute Gasteiger partial charge is 0.274 e. The van der Waals surface area contributed by atoms with Gasteiger partial charge in [-0.05, 0) is 49.3 Å². The molecule has 1 aliphatic rings. The van der Waals surface area contributed by atoms with Crippen molar-refractivity contribution in [2.75, 3.05) is 25.0 Å². The van der Waals surface area contributed by atoms with E-state index < -0.39 is 0 Å². The molecule has 0 unspecified atom stereocenters. The van der Waals surface area contributed by atoms with Crippen molar-refractivity contribution < 1.29 is 4.79 Å². The van der Waals surface area contributed by atoms with Gasteiger partial charge in [0, 0.05) is 19.6 Å². The molecule has 1 aliphatic heterocycles. The predicted molar refractivity (Wildman–Crippen MR) is 99.6 cm³/mol.